The van der Waals surface area contributed by atoms with Crippen LogP contribution in [0.5, 0.6) is 11.5 Å². The van der Waals surface area contributed by atoms with Crippen LogP contribution in [-0.4, -0.2) is 64.7 Å². The van der Waals surface area contributed by atoms with Crippen LogP contribution in [0, 0.1) is 0 Å². The molecule has 9 heteroatoms. The molecule has 0 aliphatic carbocycles. The standard InChI is InChI=1S/C30H36N6O3/c1-30(2,3)21-6-5-7-22(18-21)33-29-34-25-19-23(8-9-27(25)35(29)4)39-24-10-11-31-26(20-24)28(37)32-12-13-36-14-16-38-17-15-36/h5-11,18-20H,12-17H2,1-4H3,(H,32,37)(H,33,34). The van der Waals surface area contributed by atoms with Gasteiger partial charge in [0.25, 0.3) is 5.91 Å². The average Bonchev–Trinajstić information content (AvgIpc) is 3.23. The summed E-state index contributed by atoms with van der Waals surface area (Å²) in [4.78, 5) is 23.9. The predicted octanol–water partition coefficient (Wildman–Crippen LogP) is 4.86. The summed E-state index contributed by atoms with van der Waals surface area (Å²) < 4.78 is 13.5. The molecule has 9 nitrogen and oxygen atoms in total. The van der Waals surface area contributed by atoms with Gasteiger partial charge < -0.3 is 24.7 Å². The van der Waals surface area contributed by atoms with Gasteiger partial charge in [0.2, 0.25) is 5.95 Å². The number of aryl methyl sites for hydroxylation is 1. The molecule has 1 aliphatic heterocycles. The van der Waals surface area contributed by atoms with Crippen LogP contribution in [0.2, 0.25) is 0 Å². The molecule has 2 N–H and O–H groups in total. The van der Waals surface area contributed by atoms with Crippen molar-refractivity contribution in [3.8, 4) is 11.5 Å². The van der Waals surface area contributed by atoms with Gasteiger partial charge in [-0.15, -0.1) is 0 Å². The number of carbonyl (C=O) groups excluding carboxylic acids is 1. The maximum Gasteiger partial charge on any atom is 0.270 e. The Labute approximate surface area is 229 Å². The molecule has 5 rings (SSSR count). The molecule has 1 amide bonds. The van der Waals surface area contributed by atoms with Gasteiger partial charge >= 0.3 is 0 Å². The SMILES string of the molecule is Cn1c(Nc2cccc(C(C)(C)C)c2)nc2cc(Oc3ccnc(C(=O)NCCN4CCOCC4)c3)ccc21. The van der Waals surface area contributed by atoms with E-state index in [2.05, 4.69) is 59.5 Å². The van der Waals surface area contributed by atoms with Gasteiger partial charge in [-0.3, -0.25) is 14.7 Å². The number of aromatic nitrogens is 3. The number of hydrogen-bond donors (Lipinski definition) is 2. The number of imidazole rings is 1. The summed E-state index contributed by atoms with van der Waals surface area (Å²) in [6, 6.07) is 17.6. The van der Waals surface area contributed by atoms with E-state index in [1.54, 1.807) is 18.3 Å². The Hall–Kier alpha value is -3.95. The summed E-state index contributed by atoms with van der Waals surface area (Å²) in [5.74, 6) is 1.69. The van der Waals surface area contributed by atoms with E-state index in [9.17, 15) is 4.79 Å². The van der Waals surface area contributed by atoms with Crippen LogP contribution in [0.4, 0.5) is 11.6 Å². The molecule has 0 radical (unpaired) electrons. The molecule has 204 valence electrons. The van der Waals surface area contributed by atoms with E-state index in [0.717, 1.165) is 55.5 Å². The third kappa shape index (κ3) is 6.55. The minimum Gasteiger partial charge on any atom is -0.457 e. The Morgan fingerprint density at radius 1 is 1.05 bits per heavy atom. The van der Waals surface area contributed by atoms with Gasteiger partial charge in [0.1, 0.15) is 17.2 Å². The second-order valence-electron chi connectivity index (χ2n) is 10.8. The highest BCUT2D eigenvalue weighted by atomic mass is 16.5. The Bertz CT molecular complexity index is 1450. The second kappa shape index (κ2) is 11.4. The highest BCUT2D eigenvalue weighted by Crippen LogP contribution is 2.30. The van der Waals surface area contributed by atoms with Crippen LogP contribution >= 0.6 is 0 Å². The van der Waals surface area contributed by atoms with Gasteiger partial charge in [0, 0.05) is 57.2 Å². The van der Waals surface area contributed by atoms with Crippen LogP contribution in [0.15, 0.2) is 60.8 Å². The number of nitrogens with one attached hydrogen (secondary N) is 2. The van der Waals surface area contributed by atoms with Crippen molar-refractivity contribution in [3.63, 3.8) is 0 Å². The average molecular weight is 529 g/mol. The largest absolute Gasteiger partial charge is 0.457 e. The number of nitrogens with zero attached hydrogens (tertiary/aromatic N) is 4. The van der Waals surface area contributed by atoms with Crippen molar-refractivity contribution in [2.24, 2.45) is 7.05 Å². The number of carbonyl (C=O) groups is 1. The fourth-order valence-electron chi connectivity index (χ4n) is 4.53. The predicted molar refractivity (Wildman–Crippen MR) is 153 cm³/mol. The molecule has 1 saturated heterocycles. The van der Waals surface area contributed by atoms with E-state index in [1.807, 2.05) is 35.9 Å². The molecule has 0 spiro atoms. The minimum absolute atomic E-state index is 0.0622. The molecule has 3 heterocycles. The summed E-state index contributed by atoms with van der Waals surface area (Å²) in [5, 5.41) is 6.39. The minimum atomic E-state index is -0.222. The van der Waals surface area contributed by atoms with E-state index in [0.29, 0.717) is 23.7 Å². The molecule has 0 atom stereocenters. The van der Waals surface area contributed by atoms with Crippen LogP contribution in [-0.2, 0) is 17.2 Å². The van der Waals surface area contributed by atoms with Gasteiger partial charge in [0.15, 0.2) is 0 Å². The lowest BCUT2D eigenvalue weighted by Gasteiger charge is -2.26. The van der Waals surface area contributed by atoms with Crippen LogP contribution in [0.1, 0.15) is 36.8 Å². The number of rotatable bonds is 8. The monoisotopic (exact) mass is 528 g/mol. The molecule has 1 aliphatic rings. The molecule has 4 aromatic rings. The molecule has 39 heavy (non-hydrogen) atoms. The first-order valence-corrected chi connectivity index (χ1v) is 13.3. The van der Waals surface area contributed by atoms with Crippen LogP contribution < -0.4 is 15.4 Å². The highest BCUT2D eigenvalue weighted by molar-refractivity contribution is 5.92. The maximum atomic E-state index is 12.6. The summed E-state index contributed by atoms with van der Waals surface area (Å²) in [6.07, 6.45) is 1.58. The summed E-state index contributed by atoms with van der Waals surface area (Å²) in [6.45, 7) is 11.2. The fraction of sp³-hybridized carbons (Fsp3) is 0.367. The molecular formula is C30H36N6O3. The molecule has 2 aromatic heterocycles. The third-order valence-electron chi connectivity index (χ3n) is 6.85. The Morgan fingerprint density at radius 2 is 1.85 bits per heavy atom. The number of pyridine rings is 1. The summed E-state index contributed by atoms with van der Waals surface area (Å²) in [7, 11) is 1.98. The zero-order chi connectivity index (χ0) is 27.4. The van der Waals surface area contributed by atoms with E-state index < -0.39 is 0 Å². The van der Waals surface area contributed by atoms with Crippen LogP contribution in [0.3, 0.4) is 0 Å². The molecular weight excluding hydrogens is 492 g/mol. The van der Waals surface area contributed by atoms with Crippen LogP contribution in [0.25, 0.3) is 11.0 Å². The van der Waals surface area contributed by atoms with Gasteiger partial charge in [0.05, 0.1) is 24.2 Å². The van der Waals surface area contributed by atoms with E-state index >= 15 is 0 Å². The Balaban J connectivity index is 1.25. The molecule has 2 aromatic carbocycles. The second-order valence-corrected chi connectivity index (χ2v) is 10.8. The lowest BCUT2D eigenvalue weighted by molar-refractivity contribution is 0.0383. The lowest BCUT2D eigenvalue weighted by atomic mass is 9.87. The quantitative estimate of drug-likeness (QED) is 0.337. The van der Waals surface area contributed by atoms with Gasteiger partial charge in [-0.2, -0.15) is 0 Å². The Morgan fingerprint density at radius 3 is 2.64 bits per heavy atom. The lowest BCUT2D eigenvalue weighted by Crippen LogP contribution is -2.41. The molecule has 0 unspecified atom stereocenters. The fourth-order valence-corrected chi connectivity index (χ4v) is 4.53. The first kappa shape index (κ1) is 26.6. The highest BCUT2D eigenvalue weighted by Gasteiger charge is 2.16. The zero-order valence-corrected chi connectivity index (χ0v) is 23.0. The van der Waals surface area contributed by atoms with Gasteiger partial charge in [-0.1, -0.05) is 32.9 Å². The van der Waals surface area contributed by atoms with Crippen molar-refractivity contribution in [1.29, 1.82) is 0 Å². The molecule has 0 bridgehead atoms. The summed E-state index contributed by atoms with van der Waals surface area (Å²) in [5.41, 5.74) is 4.41. The third-order valence-corrected chi connectivity index (χ3v) is 6.85. The van der Waals surface area contributed by atoms with E-state index in [4.69, 9.17) is 14.5 Å². The number of amides is 1. The number of benzene rings is 2. The topological polar surface area (TPSA) is 93.5 Å². The normalized spacial score (nSPS) is 14.4. The van der Waals surface area contributed by atoms with E-state index in [1.165, 1.54) is 5.56 Å². The number of hydrogen-bond acceptors (Lipinski definition) is 7. The van der Waals surface area contributed by atoms with Crippen molar-refractivity contribution in [1.82, 2.24) is 24.8 Å². The first-order valence-electron chi connectivity index (χ1n) is 13.3. The van der Waals surface area contributed by atoms with Gasteiger partial charge in [-0.05, 0) is 41.3 Å². The van der Waals surface area contributed by atoms with Crippen molar-refractivity contribution in [2.45, 2.75) is 26.2 Å². The number of ether oxygens (including phenoxy) is 2. The van der Waals surface area contributed by atoms with Crippen molar-refractivity contribution < 1.29 is 14.3 Å². The Kier molecular flexibility index (Phi) is 7.81. The summed E-state index contributed by atoms with van der Waals surface area (Å²) >= 11 is 0. The smallest absolute Gasteiger partial charge is 0.270 e. The molecule has 0 saturated carbocycles. The zero-order valence-electron chi connectivity index (χ0n) is 23.0. The number of morpholine rings is 1. The number of fused-ring (bicyclic) bond motifs is 1. The van der Waals surface area contributed by atoms with Crippen molar-refractivity contribution >= 4 is 28.6 Å². The maximum absolute atomic E-state index is 12.6. The first-order chi connectivity index (χ1) is 18.8. The van der Waals surface area contributed by atoms with Gasteiger partial charge in [-0.25, -0.2) is 4.98 Å². The van der Waals surface area contributed by atoms with E-state index in [-0.39, 0.29) is 11.3 Å². The van der Waals surface area contributed by atoms with Crippen molar-refractivity contribution in [2.75, 3.05) is 44.7 Å². The van der Waals surface area contributed by atoms with Crippen molar-refractivity contribution in [3.05, 3.63) is 72.1 Å². The molecule has 1 fully saturated rings. The number of anilines is 2.